The molecule has 2 unspecified atom stereocenters. The molecule has 5 amide bonds. The van der Waals surface area contributed by atoms with Crippen molar-refractivity contribution in [2.24, 2.45) is 0 Å². The molecule has 0 bridgehead atoms. The van der Waals surface area contributed by atoms with E-state index in [1.54, 1.807) is 56.8 Å². The third kappa shape index (κ3) is 7.30. The molecule has 5 heterocycles. The average Bonchev–Trinajstić information content (AvgIpc) is 3.43. The molecule has 7 rings (SSSR count). The second-order valence-electron chi connectivity index (χ2n) is 14.4. The van der Waals surface area contributed by atoms with E-state index in [9.17, 15) is 29.1 Å². The molecule has 2 fully saturated rings. The van der Waals surface area contributed by atoms with E-state index in [1.807, 2.05) is 36.3 Å². The molecule has 0 radical (unpaired) electrons. The van der Waals surface area contributed by atoms with Crippen LogP contribution >= 0.6 is 0 Å². The van der Waals surface area contributed by atoms with Gasteiger partial charge in [0.25, 0.3) is 11.8 Å². The summed E-state index contributed by atoms with van der Waals surface area (Å²) < 4.78 is 11.7. The highest BCUT2D eigenvalue weighted by molar-refractivity contribution is 6.25. The Morgan fingerprint density at radius 1 is 1.02 bits per heavy atom. The van der Waals surface area contributed by atoms with Crippen LogP contribution in [0.2, 0.25) is 0 Å². The molecule has 56 heavy (non-hydrogen) atoms. The van der Waals surface area contributed by atoms with Gasteiger partial charge in [0, 0.05) is 88.2 Å². The molecule has 4 aliphatic heterocycles. The summed E-state index contributed by atoms with van der Waals surface area (Å²) >= 11 is 0. The van der Waals surface area contributed by atoms with Crippen LogP contribution in [-0.4, -0.2) is 132 Å². The number of ether oxygens (including phenoxy) is 2. The molecule has 4 aliphatic rings. The van der Waals surface area contributed by atoms with Gasteiger partial charge in [0.1, 0.15) is 17.5 Å². The minimum atomic E-state index is -1.03. The summed E-state index contributed by atoms with van der Waals surface area (Å²) in [7, 11) is 6.96. The Kier molecular flexibility index (Phi) is 11.0. The summed E-state index contributed by atoms with van der Waals surface area (Å²) in [5, 5.41) is 19.2. The van der Waals surface area contributed by atoms with Crippen LogP contribution in [-0.2, 0) is 20.9 Å². The zero-order chi connectivity index (χ0) is 39.7. The van der Waals surface area contributed by atoms with Gasteiger partial charge in [-0.05, 0) is 61.3 Å². The van der Waals surface area contributed by atoms with E-state index in [-0.39, 0.29) is 35.9 Å². The number of nitrogens with one attached hydrogen (secondary N) is 3. The predicted molar refractivity (Wildman–Crippen MR) is 205 cm³/mol. The van der Waals surface area contributed by atoms with Crippen LogP contribution in [0.5, 0.6) is 11.5 Å². The molecule has 1 aromatic heterocycles. The van der Waals surface area contributed by atoms with Crippen LogP contribution < -0.4 is 25.4 Å². The highest BCUT2D eigenvalue weighted by atomic mass is 16.5. The molecule has 16 heteroatoms. The fourth-order valence-corrected chi connectivity index (χ4v) is 7.72. The SMILES string of the molecule is COc1cc(C2=CN(C)C(O)c3cnccc32)cc(OC)c1CN1CC[C@H]1C(=O)NCCN(C)CCNc1cccc2c1C(=O)N(C1CCC(=O)NC1=O)C2=O. The lowest BCUT2D eigenvalue weighted by atomic mass is 9.91. The van der Waals surface area contributed by atoms with Crippen molar-refractivity contribution in [1.29, 1.82) is 0 Å². The Morgan fingerprint density at radius 3 is 2.46 bits per heavy atom. The largest absolute Gasteiger partial charge is 0.496 e. The van der Waals surface area contributed by atoms with Gasteiger partial charge in [-0.2, -0.15) is 0 Å². The number of likely N-dealkylation sites (tertiary alicyclic amines) is 1. The first-order valence-electron chi connectivity index (χ1n) is 18.6. The van der Waals surface area contributed by atoms with Crippen LogP contribution in [0.15, 0.2) is 55.0 Å². The monoisotopic (exact) mass is 766 g/mol. The first kappa shape index (κ1) is 38.4. The topological polar surface area (TPSA) is 186 Å². The second kappa shape index (κ2) is 16.1. The maximum absolute atomic E-state index is 13.4. The van der Waals surface area contributed by atoms with E-state index < -0.39 is 35.9 Å². The van der Waals surface area contributed by atoms with E-state index in [1.165, 1.54) is 0 Å². The summed E-state index contributed by atoms with van der Waals surface area (Å²) in [6.45, 7) is 3.26. The van der Waals surface area contributed by atoms with Crippen LogP contribution in [0.25, 0.3) is 5.57 Å². The minimum Gasteiger partial charge on any atom is -0.496 e. The number of aromatic nitrogens is 1. The Morgan fingerprint density at radius 2 is 1.77 bits per heavy atom. The van der Waals surface area contributed by atoms with Crippen LogP contribution in [0.3, 0.4) is 0 Å². The number of nitrogens with zero attached hydrogens (tertiary/aromatic N) is 5. The van der Waals surface area contributed by atoms with Crippen LogP contribution in [0.4, 0.5) is 5.69 Å². The maximum Gasteiger partial charge on any atom is 0.264 e. The molecule has 0 aliphatic carbocycles. The van der Waals surface area contributed by atoms with Gasteiger partial charge >= 0.3 is 0 Å². The Balaban J connectivity index is 0.910. The number of hydrogen-bond acceptors (Lipinski definition) is 13. The Hall–Kier alpha value is -5.84. The number of rotatable bonds is 14. The molecule has 16 nitrogen and oxygen atoms in total. The van der Waals surface area contributed by atoms with E-state index in [2.05, 4.69) is 25.8 Å². The molecular formula is C40H46N8O8. The van der Waals surface area contributed by atoms with Crippen molar-refractivity contribution in [2.75, 3.05) is 66.4 Å². The lowest BCUT2D eigenvalue weighted by Crippen LogP contribution is -2.56. The van der Waals surface area contributed by atoms with E-state index >= 15 is 0 Å². The van der Waals surface area contributed by atoms with Gasteiger partial charge in [-0.25, -0.2) is 0 Å². The normalized spacial score (nSPS) is 20.6. The highest BCUT2D eigenvalue weighted by Gasteiger charge is 2.45. The number of likely N-dealkylation sites (N-methyl/N-ethyl adjacent to an activating group) is 1. The molecule has 0 spiro atoms. The number of methoxy groups -OCH3 is 2. The molecule has 0 saturated carbocycles. The zero-order valence-corrected chi connectivity index (χ0v) is 31.8. The van der Waals surface area contributed by atoms with Crippen LogP contribution in [0, 0.1) is 0 Å². The number of anilines is 1. The lowest BCUT2D eigenvalue weighted by molar-refractivity contribution is -0.136. The van der Waals surface area contributed by atoms with Gasteiger partial charge in [0.15, 0.2) is 6.23 Å². The van der Waals surface area contributed by atoms with Crippen molar-refractivity contribution in [3.8, 4) is 11.5 Å². The van der Waals surface area contributed by atoms with E-state index in [4.69, 9.17) is 9.47 Å². The van der Waals surface area contributed by atoms with Gasteiger partial charge < -0.3 is 35.0 Å². The van der Waals surface area contributed by atoms with Crippen molar-refractivity contribution in [3.05, 3.63) is 88.4 Å². The predicted octanol–water partition coefficient (Wildman–Crippen LogP) is 1.56. The van der Waals surface area contributed by atoms with Crippen LogP contribution in [0.1, 0.15) is 68.5 Å². The average molecular weight is 767 g/mol. The summed E-state index contributed by atoms with van der Waals surface area (Å²) in [6.07, 6.45) is 5.34. The second-order valence-corrected chi connectivity index (χ2v) is 14.4. The Labute approximate surface area is 324 Å². The smallest absolute Gasteiger partial charge is 0.264 e. The summed E-state index contributed by atoms with van der Waals surface area (Å²) in [5.41, 5.74) is 5.10. The number of aliphatic hydroxyl groups excluding tert-OH is 1. The molecular weight excluding hydrogens is 720 g/mol. The molecule has 4 N–H and O–H groups in total. The maximum atomic E-state index is 13.4. The van der Waals surface area contributed by atoms with E-state index in [0.29, 0.717) is 55.5 Å². The minimum absolute atomic E-state index is 0.0554. The van der Waals surface area contributed by atoms with Gasteiger partial charge in [-0.1, -0.05) is 6.07 Å². The van der Waals surface area contributed by atoms with Crippen molar-refractivity contribution in [1.82, 2.24) is 35.2 Å². The summed E-state index contributed by atoms with van der Waals surface area (Å²) in [5.74, 6) is -0.972. The van der Waals surface area contributed by atoms with Crippen molar-refractivity contribution < 1.29 is 38.6 Å². The first-order chi connectivity index (χ1) is 27.0. The van der Waals surface area contributed by atoms with Gasteiger partial charge in [0.05, 0.1) is 37.0 Å². The molecule has 2 aromatic carbocycles. The molecule has 3 atom stereocenters. The highest BCUT2D eigenvalue weighted by Crippen LogP contribution is 2.41. The summed E-state index contributed by atoms with van der Waals surface area (Å²) in [6, 6.07) is 9.43. The number of imide groups is 2. The fourth-order valence-electron chi connectivity index (χ4n) is 7.72. The number of amides is 5. The number of benzene rings is 2. The lowest BCUT2D eigenvalue weighted by Gasteiger charge is -2.40. The van der Waals surface area contributed by atoms with Crippen molar-refractivity contribution in [2.45, 2.75) is 44.1 Å². The Bertz CT molecular complexity index is 2080. The number of aliphatic hydroxyl groups is 1. The van der Waals surface area contributed by atoms with Crippen molar-refractivity contribution in [3.63, 3.8) is 0 Å². The molecule has 3 aromatic rings. The fraction of sp³-hybridized carbons (Fsp3) is 0.400. The number of carbonyl (C=O) groups excluding carboxylic acids is 5. The zero-order valence-electron chi connectivity index (χ0n) is 31.8. The van der Waals surface area contributed by atoms with Crippen molar-refractivity contribution >= 4 is 40.8 Å². The number of fused-ring (bicyclic) bond motifs is 2. The van der Waals surface area contributed by atoms with Gasteiger partial charge in [-0.15, -0.1) is 0 Å². The third-order valence-electron chi connectivity index (χ3n) is 10.9. The number of hydrogen-bond donors (Lipinski definition) is 4. The van der Waals surface area contributed by atoms with Gasteiger partial charge in [-0.3, -0.25) is 44.1 Å². The number of carbonyl (C=O) groups is 5. The standard InChI is InChI=1S/C40H46N8O8/c1-45(16-13-42-29-7-5-6-25-35(29)40(54)48(39(25)53)31-8-9-34(49)44-37(31)51)17-14-43-36(50)30-11-15-47(30)22-28-32(55-3)18-23(19-33(28)56-4)27-21-46(2)38(52)26-20-41-12-10-24(26)27/h5-7,10,12,18-21,30-31,38,42,52H,8-9,11,13-17,22H2,1-4H3,(H,43,50)(H,44,49,51)/t30-,31?,38?/m0/s1. The molecule has 294 valence electrons. The first-order valence-corrected chi connectivity index (χ1v) is 18.6. The van der Waals surface area contributed by atoms with E-state index in [0.717, 1.165) is 40.1 Å². The van der Waals surface area contributed by atoms with Gasteiger partial charge in [0.2, 0.25) is 17.7 Å². The quantitative estimate of drug-likeness (QED) is 0.174. The number of piperidine rings is 1. The third-order valence-corrected chi connectivity index (χ3v) is 10.9. The molecule has 2 saturated heterocycles. The number of pyridine rings is 1. The summed E-state index contributed by atoms with van der Waals surface area (Å²) in [4.78, 5) is 74.9.